The first kappa shape index (κ1) is 13.9. The second-order valence-corrected chi connectivity index (χ2v) is 4.16. The van der Waals surface area contributed by atoms with Gasteiger partial charge in [0.25, 0.3) is 0 Å². The Morgan fingerprint density at radius 3 is 1.93 bits per heavy atom. The van der Waals surface area contributed by atoms with Crippen LogP contribution in [-0.4, -0.2) is 11.6 Å². The van der Waals surface area contributed by atoms with Crippen LogP contribution in [0.25, 0.3) is 0 Å². The molecule has 0 amide bonds. The van der Waals surface area contributed by atoms with E-state index in [1.807, 2.05) is 0 Å². The smallest absolute Gasteiger partial charge is 0.146 e. The van der Waals surface area contributed by atoms with Crippen molar-refractivity contribution in [1.82, 2.24) is 0 Å². The Kier molecular flexibility index (Phi) is 5.10. The van der Waals surface area contributed by atoms with Crippen molar-refractivity contribution in [2.75, 3.05) is 0 Å². The fraction of sp³-hybridized carbons (Fsp3) is 0.800. The van der Waals surface area contributed by atoms with Crippen molar-refractivity contribution in [2.45, 2.75) is 44.9 Å². The summed E-state index contributed by atoms with van der Waals surface area (Å²) >= 11 is 0. The van der Waals surface area contributed by atoms with Crippen LogP contribution >= 0.6 is 24.8 Å². The molecule has 0 unspecified atom stereocenters. The van der Waals surface area contributed by atoms with Gasteiger partial charge >= 0.3 is 0 Å². The van der Waals surface area contributed by atoms with Gasteiger partial charge in [-0.1, -0.05) is 19.3 Å². The fourth-order valence-electron chi connectivity index (χ4n) is 2.59. The maximum absolute atomic E-state index is 11.5. The lowest BCUT2D eigenvalue weighted by Gasteiger charge is -2.30. The van der Waals surface area contributed by atoms with Crippen LogP contribution in [0.15, 0.2) is 0 Å². The molecular weight excluding hydrogens is 223 g/mol. The molecule has 2 aliphatic rings. The van der Waals surface area contributed by atoms with Gasteiger partial charge in [0.1, 0.15) is 11.6 Å². The van der Waals surface area contributed by atoms with Crippen LogP contribution in [0.4, 0.5) is 0 Å². The fourth-order valence-corrected chi connectivity index (χ4v) is 2.59. The largest absolute Gasteiger partial charge is 0.299 e. The third-order valence-corrected chi connectivity index (χ3v) is 3.30. The van der Waals surface area contributed by atoms with E-state index in [1.165, 1.54) is 6.42 Å². The number of carbonyl (C=O) groups is 2. The van der Waals surface area contributed by atoms with Gasteiger partial charge in [-0.05, 0) is 12.8 Å². The highest BCUT2D eigenvalue weighted by Gasteiger charge is 2.46. The van der Waals surface area contributed by atoms with Crippen LogP contribution < -0.4 is 0 Å². The molecule has 0 saturated heterocycles. The molecule has 4 heteroatoms. The molecule has 0 bridgehead atoms. The van der Waals surface area contributed by atoms with Crippen LogP contribution in [0.1, 0.15) is 44.9 Å². The van der Waals surface area contributed by atoms with Crippen LogP contribution in [0, 0.1) is 5.41 Å². The number of rotatable bonds is 0. The summed E-state index contributed by atoms with van der Waals surface area (Å²) in [5.41, 5.74) is -0.185. The Labute approximate surface area is 96.6 Å². The molecule has 0 aromatic heterocycles. The van der Waals surface area contributed by atoms with Crippen LogP contribution in [0.2, 0.25) is 0 Å². The average molecular weight is 239 g/mol. The topological polar surface area (TPSA) is 34.1 Å². The molecule has 0 aromatic carbocycles. The minimum Gasteiger partial charge on any atom is -0.299 e. The third kappa shape index (κ3) is 2.29. The van der Waals surface area contributed by atoms with Gasteiger partial charge in [0.2, 0.25) is 0 Å². The van der Waals surface area contributed by atoms with Gasteiger partial charge in [-0.3, -0.25) is 9.59 Å². The number of carbonyl (C=O) groups excluding carboxylic acids is 2. The molecule has 2 fully saturated rings. The molecule has 0 radical (unpaired) electrons. The molecular formula is C10H16Cl2O2. The number of halogens is 2. The summed E-state index contributed by atoms with van der Waals surface area (Å²) in [6.45, 7) is 0. The molecule has 0 N–H and O–H groups in total. The maximum atomic E-state index is 11.5. The van der Waals surface area contributed by atoms with Crippen LogP contribution in [0.3, 0.4) is 0 Å². The summed E-state index contributed by atoms with van der Waals surface area (Å²) in [6.07, 6.45) is 6.22. The highest BCUT2D eigenvalue weighted by Crippen LogP contribution is 2.44. The predicted molar refractivity (Wildman–Crippen MR) is 59.3 cm³/mol. The van der Waals surface area contributed by atoms with E-state index in [2.05, 4.69) is 0 Å². The summed E-state index contributed by atoms with van der Waals surface area (Å²) < 4.78 is 0. The SMILES string of the molecule is Cl.Cl.O=C1CC(=O)C2(CCCCC2)C1. The standard InChI is InChI=1S/C10H14O2.2ClH/c11-8-6-9(12)10(7-8)4-2-1-3-5-10;;/h1-7H2;2*1H. The van der Waals surface area contributed by atoms with Gasteiger partial charge in [0.05, 0.1) is 6.42 Å². The first-order valence-corrected chi connectivity index (χ1v) is 4.78. The molecule has 0 aromatic rings. The first-order valence-electron chi connectivity index (χ1n) is 4.78. The molecule has 0 atom stereocenters. The Bertz CT molecular complexity index is 232. The monoisotopic (exact) mass is 238 g/mol. The van der Waals surface area contributed by atoms with E-state index in [-0.39, 0.29) is 48.2 Å². The van der Waals surface area contributed by atoms with E-state index < -0.39 is 0 Å². The Morgan fingerprint density at radius 2 is 1.50 bits per heavy atom. The highest BCUT2D eigenvalue weighted by atomic mass is 35.5. The maximum Gasteiger partial charge on any atom is 0.146 e. The van der Waals surface area contributed by atoms with Crippen molar-refractivity contribution in [3.8, 4) is 0 Å². The number of ketones is 2. The Balaban J connectivity index is 0.000000845. The lowest BCUT2D eigenvalue weighted by Crippen LogP contribution is -2.28. The molecule has 2 aliphatic carbocycles. The molecule has 82 valence electrons. The van der Waals surface area contributed by atoms with Crippen molar-refractivity contribution in [3.05, 3.63) is 0 Å². The zero-order valence-corrected chi connectivity index (χ0v) is 9.72. The Morgan fingerprint density at radius 1 is 0.929 bits per heavy atom. The zero-order valence-electron chi connectivity index (χ0n) is 8.08. The van der Waals surface area contributed by atoms with E-state index in [4.69, 9.17) is 0 Å². The number of hydrogen-bond donors (Lipinski definition) is 0. The quantitative estimate of drug-likeness (QED) is 0.609. The molecule has 14 heavy (non-hydrogen) atoms. The van der Waals surface area contributed by atoms with Crippen molar-refractivity contribution in [3.63, 3.8) is 0 Å². The second-order valence-electron chi connectivity index (χ2n) is 4.16. The lowest BCUT2D eigenvalue weighted by molar-refractivity contribution is -0.127. The van der Waals surface area contributed by atoms with Gasteiger partial charge in [-0.15, -0.1) is 24.8 Å². The first-order chi connectivity index (χ1) is 5.73. The molecule has 0 heterocycles. The van der Waals surface area contributed by atoms with Crippen molar-refractivity contribution >= 4 is 36.4 Å². The van der Waals surface area contributed by atoms with E-state index in [9.17, 15) is 9.59 Å². The molecule has 2 nitrogen and oxygen atoms in total. The van der Waals surface area contributed by atoms with Crippen molar-refractivity contribution in [2.24, 2.45) is 5.41 Å². The van der Waals surface area contributed by atoms with Gasteiger partial charge in [0.15, 0.2) is 0 Å². The summed E-state index contributed by atoms with van der Waals surface area (Å²) in [7, 11) is 0. The van der Waals surface area contributed by atoms with Crippen molar-refractivity contribution in [1.29, 1.82) is 0 Å². The number of hydrogen-bond acceptors (Lipinski definition) is 2. The molecule has 0 aliphatic heterocycles. The Hall–Kier alpha value is -0.0800. The molecule has 2 saturated carbocycles. The van der Waals surface area contributed by atoms with Gasteiger partial charge in [0, 0.05) is 11.8 Å². The number of Topliss-reactive ketones (excluding diaryl/α,β-unsaturated/α-hetero) is 2. The van der Waals surface area contributed by atoms with Crippen LogP contribution in [0.5, 0.6) is 0 Å². The minimum absolute atomic E-state index is 0. The van der Waals surface area contributed by atoms with E-state index in [0.717, 1.165) is 25.7 Å². The van der Waals surface area contributed by atoms with Gasteiger partial charge in [-0.2, -0.15) is 0 Å². The molecule has 2 rings (SSSR count). The normalized spacial score (nSPS) is 24.3. The minimum atomic E-state index is -0.185. The van der Waals surface area contributed by atoms with Crippen molar-refractivity contribution < 1.29 is 9.59 Å². The van der Waals surface area contributed by atoms with Gasteiger partial charge < -0.3 is 0 Å². The van der Waals surface area contributed by atoms with Crippen LogP contribution in [-0.2, 0) is 9.59 Å². The summed E-state index contributed by atoms with van der Waals surface area (Å²) in [5, 5.41) is 0. The zero-order chi connectivity index (χ0) is 8.60. The van der Waals surface area contributed by atoms with E-state index >= 15 is 0 Å². The molecule has 1 spiro atoms. The van der Waals surface area contributed by atoms with Gasteiger partial charge in [-0.25, -0.2) is 0 Å². The van der Waals surface area contributed by atoms with E-state index in [1.54, 1.807) is 0 Å². The summed E-state index contributed by atoms with van der Waals surface area (Å²) in [5.74, 6) is 0.397. The van der Waals surface area contributed by atoms with E-state index in [0.29, 0.717) is 6.42 Å². The highest BCUT2D eigenvalue weighted by molar-refractivity contribution is 6.09. The lowest BCUT2D eigenvalue weighted by atomic mass is 9.72. The average Bonchev–Trinajstić information content (AvgIpc) is 2.29. The third-order valence-electron chi connectivity index (χ3n) is 3.30. The summed E-state index contributed by atoms with van der Waals surface area (Å²) in [6, 6.07) is 0. The second kappa shape index (κ2) is 5.13. The summed E-state index contributed by atoms with van der Waals surface area (Å²) in [4.78, 5) is 22.6. The predicted octanol–water partition coefficient (Wildman–Crippen LogP) is 2.71.